The Labute approximate surface area is 149 Å². The van der Waals surface area contributed by atoms with E-state index in [9.17, 15) is 14.4 Å². The number of nitrogens with one attached hydrogen (secondary N) is 1. The minimum absolute atomic E-state index is 0.0926. The van der Waals surface area contributed by atoms with Crippen LogP contribution in [-0.2, 0) is 19.1 Å². The van der Waals surface area contributed by atoms with Crippen LogP contribution in [0.4, 0.5) is 0 Å². The summed E-state index contributed by atoms with van der Waals surface area (Å²) in [5, 5.41) is 11.8. The molecule has 2 rings (SSSR count). The summed E-state index contributed by atoms with van der Waals surface area (Å²) in [6, 6.07) is -1.03. The molecule has 0 aromatic heterocycles. The van der Waals surface area contributed by atoms with Gasteiger partial charge in [-0.3, -0.25) is 14.4 Å². The van der Waals surface area contributed by atoms with Crippen molar-refractivity contribution in [3.05, 3.63) is 0 Å². The number of nitrogens with zero attached hydrogens (tertiary/aromatic N) is 1. The van der Waals surface area contributed by atoms with Crippen molar-refractivity contribution in [2.24, 2.45) is 5.92 Å². The van der Waals surface area contributed by atoms with Crippen LogP contribution in [-0.4, -0.2) is 59.6 Å². The van der Waals surface area contributed by atoms with Crippen LogP contribution in [0.2, 0.25) is 0 Å². The number of carboxylic acids is 1. The van der Waals surface area contributed by atoms with E-state index in [2.05, 4.69) is 5.32 Å². The minimum atomic E-state index is -0.937. The number of methoxy groups -OCH3 is 1. The smallest absolute Gasteiger partial charge is 0.305 e. The molecule has 0 spiro atoms. The van der Waals surface area contributed by atoms with Gasteiger partial charge in [-0.15, -0.1) is 0 Å². The quantitative estimate of drug-likeness (QED) is 0.723. The normalized spacial score (nSPS) is 25.6. The molecule has 7 heteroatoms. The van der Waals surface area contributed by atoms with E-state index in [-0.39, 0.29) is 30.4 Å². The highest BCUT2D eigenvalue weighted by Crippen LogP contribution is 2.26. The molecule has 2 N–H and O–H groups in total. The van der Waals surface area contributed by atoms with Crippen molar-refractivity contribution in [2.45, 2.75) is 76.5 Å². The van der Waals surface area contributed by atoms with Crippen molar-refractivity contribution >= 4 is 17.8 Å². The van der Waals surface area contributed by atoms with Gasteiger partial charge in [-0.1, -0.05) is 19.3 Å². The van der Waals surface area contributed by atoms with Crippen LogP contribution in [0.3, 0.4) is 0 Å². The highest BCUT2D eigenvalue weighted by molar-refractivity contribution is 5.88. The second kappa shape index (κ2) is 9.17. The molecule has 1 saturated heterocycles. The number of carbonyl (C=O) groups excluding carboxylic acids is 2. The van der Waals surface area contributed by atoms with Gasteiger partial charge in [0.15, 0.2) is 0 Å². The highest BCUT2D eigenvalue weighted by Gasteiger charge is 2.38. The Balaban J connectivity index is 1.88. The van der Waals surface area contributed by atoms with E-state index in [1.807, 2.05) is 0 Å². The molecule has 1 saturated carbocycles. The van der Waals surface area contributed by atoms with Crippen LogP contribution in [0.1, 0.15) is 58.3 Å². The second-order valence-electron chi connectivity index (χ2n) is 7.33. The predicted molar refractivity (Wildman–Crippen MR) is 92.0 cm³/mol. The predicted octanol–water partition coefficient (Wildman–Crippen LogP) is 1.55. The molecule has 3 unspecified atom stereocenters. The standard InChI is InChI=1S/C18H30N2O5/c1-12(19-16(21)8-13-6-4-3-5-7-13)18(24)20-11-15(25-2)9-14(20)10-17(22)23/h12-15H,3-11H2,1-2H3,(H,19,21)(H,22,23). The molecular weight excluding hydrogens is 324 g/mol. The lowest BCUT2D eigenvalue weighted by atomic mass is 9.87. The summed E-state index contributed by atoms with van der Waals surface area (Å²) >= 11 is 0. The molecule has 7 nitrogen and oxygen atoms in total. The average Bonchev–Trinajstić information content (AvgIpc) is 2.97. The zero-order chi connectivity index (χ0) is 18.4. The maximum absolute atomic E-state index is 12.7. The fourth-order valence-corrected chi connectivity index (χ4v) is 3.97. The first-order valence-electron chi connectivity index (χ1n) is 9.25. The third-order valence-corrected chi connectivity index (χ3v) is 5.35. The van der Waals surface area contributed by atoms with E-state index in [0.717, 1.165) is 12.8 Å². The molecule has 2 aliphatic rings. The largest absolute Gasteiger partial charge is 0.481 e. The molecular formula is C18H30N2O5. The Morgan fingerprint density at radius 1 is 1.20 bits per heavy atom. The van der Waals surface area contributed by atoms with Crippen LogP contribution in [0.15, 0.2) is 0 Å². The lowest BCUT2D eigenvalue weighted by Crippen LogP contribution is -2.49. The fraction of sp³-hybridized carbons (Fsp3) is 0.833. The van der Waals surface area contributed by atoms with Crippen molar-refractivity contribution in [1.82, 2.24) is 10.2 Å². The zero-order valence-electron chi connectivity index (χ0n) is 15.2. The number of hydrogen-bond donors (Lipinski definition) is 2. The number of carbonyl (C=O) groups is 3. The van der Waals surface area contributed by atoms with Crippen molar-refractivity contribution in [3.63, 3.8) is 0 Å². The van der Waals surface area contributed by atoms with Gasteiger partial charge in [0, 0.05) is 26.1 Å². The molecule has 1 aliphatic carbocycles. The Kier molecular flexibility index (Phi) is 7.23. The number of carboxylic acid groups (broad SMARTS) is 1. The Hall–Kier alpha value is -1.63. The molecule has 0 aromatic rings. The molecule has 0 radical (unpaired) electrons. The van der Waals surface area contributed by atoms with Crippen molar-refractivity contribution < 1.29 is 24.2 Å². The third kappa shape index (κ3) is 5.70. The van der Waals surface area contributed by atoms with Crippen LogP contribution < -0.4 is 5.32 Å². The molecule has 2 amide bonds. The molecule has 2 fully saturated rings. The van der Waals surface area contributed by atoms with Gasteiger partial charge in [-0.25, -0.2) is 0 Å². The van der Waals surface area contributed by atoms with Crippen molar-refractivity contribution in [2.75, 3.05) is 13.7 Å². The van der Waals surface area contributed by atoms with Crippen molar-refractivity contribution in [3.8, 4) is 0 Å². The van der Waals surface area contributed by atoms with Gasteiger partial charge in [0.1, 0.15) is 6.04 Å². The number of hydrogen-bond acceptors (Lipinski definition) is 4. The third-order valence-electron chi connectivity index (χ3n) is 5.35. The van der Waals surface area contributed by atoms with E-state index in [1.54, 1.807) is 18.9 Å². The van der Waals surface area contributed by atoms with Gasteiger partial charge in [-0.2, -0.15) is 0 Å². The van der Waals surface area contributed by atoms with E-state index < -0.39 is 12.0 Å². The lowest BCUT2D eigenvalue weighted by Gasteiger charge is -2.27. The van der Waals surface area contributed by atoms with Gasteiger partial charge in [0.2, 0.25) is 11.8 Å². The fourth-order valence-electron chi connectivity index (χ4n) is 3.97. The first-order valence-corrected chi connectivity index (χ1v) is 9.25. The summed E-state index contributed by atoms with van der Waals surface area (Å²) in [6.07, 6.45) is 6.48. The zero-order valence-corrected chi connectivity index (χ0v) is 15.2. The van der Waals surface area contributed by atoms with Crippen LogP contribution >= 0.6 is 0 Å². The topological polar surface area (TPSA) is 95.9 Å². The monoisotopic (exact) mass is 354 g/mol. The summed E-state index contributed by atoms with van der Waals surface area (Å²) in [4.78, 5) is 37.5. The summed E-state index contributed by atoms with van der Waals surface area (Å²) in [7, 11) is 1.56. The maximum atomic E-state index is 12.7. The Morgan fingerprint density at radius 3 is 2.48 bits per heavy atom. The first-order chi connectivity index (χ1) is 11.9. The number of likely N-dealkylation sites (tertiary alicyclic amines) is 1. The number of rotatable bonds is 7. The van der Waals surface area contributed by atoms with Crippen molar-refractivity contribution in [1.29, 1.82) is 0 Å². The highest BCUT2D eigenvalue weighted by atomic mass is 16.5. The number of ether oxygens (including phenoxy) is 1. The van der Waals surface area contributed by atoms with Crippen LogP contribution in [0.25, 0.3) is 0 Å². The maximum Gasteiger partial charge on any atom is 0.305 e. The van der Waals surface area contributed by atoms with E-state index >= 15 is 0 Å². The number of amides is 2. The van der Waals surface area contributed by atoms with Gasteiger partial charge < -0.3 is 20.1 Å². The Morgan fingerprint density at radius 2 is 1.88 bits per heavy atom. The summed E-state index contributed by atoms with van der Waals surface area (Å²) < 4.78 is 5.29. The number of aliphatic carboxylic acids is 1. The van der Waals surface area contributed by atoms with Gasteiger partial charge in [-0.05, 0) is 32.1 Å². The minimum Gasteiger partial charge on any atom is -0.481 e. The molecule has 0 bridgehead atoms. The average molecular weight is 354 g/mol. The van der Waals surface area contributed by atoms with Crippen LogP contribution in [0, 0.1) is 5.92 Å². The van der Waals surface area contributed by atoms with E-state index in [0.29, 0.717) is 25.3 Å². The molecule has 1 aliphatic heterocycles. The molecule has 0 aromatic carbocycles. The molecule has 1 heterocycles. The van der Waals surface area contributed by atoms with Gasteiger partial charge in [0.05, 0.1) is 12.5 Å². The Bertz CT molecular complexity index is 490. The molecule has 142 valence electrons. The SMILES string of the molecule is COC1CC(CC(=O)O)N(C(=O)C(C)NC(=O)CC2CCCCC2)C1. The van der Waals surface area contributed by atoms with Gasteiger partial charge >= 0.3 is 5.97 Å². The summed E-state index contributed by atoms with van der Waals surface area (Å²) in [5.41, 5.74) is 0. The lowest BCUT2D eigenvalue weighted by molar-refractivity contribution is -0.141. The second-order valence-corrected chi connectivity index (χ2v) is 7.33. The van der Waals surface area contributed by atoms with E-state index in [4.69, 9.17) is 9.84 Å². The summed E-state index contributed by atoms with van der Waals surface area (Å²) in [5.74, 6) is -0.846. The summed E-state index contributed by atoms with van der Waals surface area (Å²) in [6.45, 7) is 2.04. The first kappa shape index (κ1) is 19.7. The van der Waals surface area contributed by atoms with Gasteiger partial charge in [0.25, 0.3) is 0 Å². The molecule has 25 heavy (non-hydrogen) atoms. The molecule has 3 atom stereocenters. The van der Waals surface area contributed by atoms with E-state index in [1.165, 1.54) is 19.3 Å². The van der Waals surface area contributed by atoms with Crippen LogP contribution in [0.5, 0.6) is 0 Å².